The summed E-state index contributed by atoms with van der Waals surface area (Å²) in [5, 5.41) is 7.74. The molecule has 4 rings (SSSR count). The zero-order chi connectivity index (χ0) is 19.7. The summed E-state index contributed by atoms with van der Waals surface area (Å²) in [6.45, 7) is 5.87. The quantitative estimate of drug-likeness (QED) is 0.559. The van der Waals surface area contributed by atoms with Crippen LogP contribution in [0, 0.1) is 20.8 Å². The van der Waals surface area contributed by atoms with Crippen LogP contribution in [0.5, 0.6) is 0 Å². The number of hydrogen-bond acceptors (Lipinski definition) is 2. The second kappa shape index (κ2) is 7.19. The van der Waals surface area contributed by atoms with Crippen molar-refractivity contribution >= 4 is 11.6 Å². The number of para-hydroxylation sites is 1. The van der Waals surface area contributed by atoms with Gasteiger partial charge in [-0.1, -0.05) is 30.3 Å². The normalized spacial score (nSPS) is 10.8. The summed E-state index contributed by atoms with van der Waals surface area (Å²) in [7, 11) is 0. The van der Waals surface area contributed by atoms with Crippen LogP contribution in [0.4, 0.5) is 5.69 Å². The van der Waals surface area contributed by atoms with Gasteiger partial charge >= 0.3 is 0 Å². The van der Waals surface area contributed by atoms with Crippen molar-refractivity contribution < 1.29 is 4.79 Å². The highest BCUT2D eigenvalue weighted by Crippen LogP contribution is 2.25. The van der Waals surface area contributed by atoms with Crippen molar-refractivity contribution in [1.29, 1.82) is 0 Å². The highest BCUT2D eigenvalue weighted by atomic mass is 16.1. The number of carbonyl (C=O) groups is 1. The van der Waals surface area contributed by atoms with E-state index in [2.05, 4.69) is 10.4 Å². The Morgan fingerprint density at radius 3 is 2.36 bits per heavy atom. The van der Waals surface area contributed by atoms with Gasteiger partial charge < -0.3 is 9.88 Å². The highest BCUT2D eigenvalue weighted by molar-refractivity contribution is 6.07. The fourth-order valence-corrected chi connectivity index (χ4v) is 3.30. The average molecular weight is 370 g/mol. The lowest BCUT2D eigenvalue weighted by Gasteiger charge is -2.12. The van der Waals surface area contributed by atoms with E-state index in [1.165, 1.54) is 0 Å². The Kier molecular flexibility index (Phi) is 4.57. The van der Waals surface area contributed by atoms with Gasteiger partial charge in [0.25, 0.3) is 5.91 Å². The Morgan fingerprint density at radius 1 is 0.929 bits per heavy atom. The lowest BCUT2D eigenvalue weighted by Crippen LogP contribution is -2.16. The van der Waals surface area contributed by atoms with Crippen molar-refractivity contribution in [2.45, 2.75) is 20.8 Å². The van der Waals surface area contributed by atoms with Crippen molar-refractivity contribution in [3.05, 3.63) is 95.4 Å². The molecule has 1 N–H and O–H groups in total. The van der Waals surface area contributed by atoms with Crippen molar-refractivity contribution in [1.82, 2.24) is 14.3 Å². The Bertz CT molecular complexity index is 1130. The Labute approximate surface area is 164 Å². The molecule has 0 aliphatic carbocycles. The van der Waals surface area contributed by atoms with E-state index in [0.29, 0.717) is 11.3 Å². The molecule has 0 aliphatic heterocycles. The number of carbonyl (C=O) groups excluding carboxylic acids is 1. The van der Waals surface area contributed by atoms with E-state index in [4.69, 9.17) is 0 Å². The van der Waals surface area contributed by atoms with Gasteiger partial charge in [-0.25, -0.2) is 4.68 Å². The van der Waals surface area contributed by atoms with E-state index in [9.17, 15) is 4.79 Å². The van der Waals surface area contributed by atoms with E-state index >= 15 is 0 Å². The number of benzene rings is 2. The zero-order valence-electron chi connectivity index (χ0n) is 16.2. The molecule has 0 unspecified atom stereocenters. The first-order valence-electron chi connectivity index (χ1n) is 9.21. The molecule has 0 radical (unpaired) electrons. The maximum Gasteiger partial charge on any atom is 0.261 e. The van der Waals surface area contributed by atoms with Crippen LogP contribution in [0.1, 0.15) is 27.2 Å². The minimum atomic E-state index is -0.169. The fourth-order valence-electron chi connectivity index (χ4n) is 3.30. The molecule has 0 aliphatic rings. The molecule has 2 aromatic heterocycles. The molecular formula is C23H22N4O. The number of hydrogen-bond donors (Lipinski definition) is 1. The average Bonchev–Trinajstić information content (AvgIpc) is 3.33. The molecule has 0 saturated carbocycles. The van der Waals surface area contributed by atoms with Crippen molar-refractivity contribution in [3.8, 4) is 11.5 Å². The summed E-state index contributed by atoms with van der Waals surface area (Å²) in [6.07, 6.45) is 3.84. The van der Waals surface area contributed by atoms with Crippen LogP contribution in [0.15, 0.2) is 73.1 Å². The predicted octanol–water partition coefficient (Wildman–Crippen LogP) is 4.84. The van der Waals surface area contributed by atoms with Crippen LogP contribution in [0.3, 0.4) is 0 Å². The summed E-state index contributed by atoms with van der Waals surface area (Å²) in [4.78, 5) is 13.3. The molecular weight excluding hydrogens is 348 g/mol. The van der Waals surface area contributed by atoms with Gasteiger partial charge in [0.1, 0.15) is 5.56 Å². The Hall–Kier alpha value is -3.60. The van der Waals surface area contributed by atoms with Crippen molar-refractivity contribution in [3.63, 3.8) is 0 Å². The zero-order valence-corrected chi connectivity index (χ0v) is 16.2. The van der Waals surface area contributed by atoms with Crippen LogP contribution in [-0.2, 0) is 0 Å². The second-order valence-electron chi connectivity index (χ2n) is 6.89. The maximum absolute atomic E-state index is 13.3. The molecule has 140 valence electrons. The van der Waals surface area contributed by atoms with Gasteiger partial charge in [0, 0.05) is 18.1 Å². The topological polar surface area (TPSA) is 51.9 Å². The molecule has 0 atom stereocenters. The minimum Gasteiger partial charge on any atom is -0.322 e. The summed E-state index contributed by atoms with van der Waals surface area (Å²) in [5.41, 5.74) is 5.07. The largest absolute Gasteiger partial charge is 0.322 e. The Morgan fingerprint density at radius 2 is 1.64 bits per heavy atom. The van der Waals surface area contributed by atoms with Gasteiger partial charge in [0.05, 0.1) is 11.4 Å². The molecule has 0 fully saturated rings. The van der Waals surface area contributed by atoms with Gasteiger partial charge in [-0.15, -0.1) is 0 Å². The lowest BCUT2D eigenvalue weighted by atomic mass is 10.1. The second-order valence-corrected chi connectivity index (χ2v) is 6.89. The molecule has 0 bridgehead atoms. The van der Waals surface area contributed by atoms with Crippen LogP contribution in [0.2, 0.25) is 0 Å². The minimum absolute atomic E-state index is 0.169. The summed E-state index contributed by atoms with van der Waals surface area (Å²) < 4.78 is 3.73. The first-order chi connectivity index (χ1) is 13.5. The van der Waals surface area contributed by atoms with Gasteiger partial charge in [0.15, 0.2) is 5.82 Å². The first-order valence-corrected chi connectivity index (χ1v) is 9.21. The molecule has 28 heavy (non-hydrogen) atoms. The lowest BCUT2D eigenvalue weighted by molar-refractivity contribution is 0.102. The molecule has 1 amide bonds. The van der Waals surface area contributed by atoms with Gasteiger partial charge in [-0.3, -0.25) is 4.79 Å². The molecule has 5 nitrogen and oxygen atoms in total. The third-order valence-corrected chi connectivity index (χ3v) is 4.75. The Balaban J connectivity index is 1.84. The first kappa shape index (κ1) is 17.8. The fraction of sp³-hybridized carbons (Fsp3) is 0.130. The number of amides is 1. The standard InChI is InChI=1S/C23H22N4O/c1-16-11-12-17(2)20(15-16)24-22(28)21-18(3)25-27(19-9-5-4-6-10-19)23(21)26-13-7-8-14-26/h4-15H,1-3H3,(H,24,28). The molecule has 4 aromatic rings. The van der Waals surface area contributed by atoms with Gasteiger partial charge in [0.2, 0.25) is 0 Å². The summed E-state index contributed by atoms with van der Waals surface area (Å²) in [5.74, 6) is 0.550. The van der Waals surface area contributed by atoms with Gasteiger partial charge in [-0.2, -0.15) is 5.10 Å². The van der Waals surface area contributed by atoms with E-state index in [1.807, 2.05) is 103 Å². The van der Waals surface area contributed by atoms with E-state index in [-0.39, 0.29) is 5.91 Å². The monoisotopic (exact) mass is 370 g/mol. The number of nitrogens with one attached hydrogen (secondary N) is 1. The number of aryl methyl sites for hydroxylation is 3. The molecule has 2 heterocycles. The number of nitrogens with zero attached hydrogens (tertiary/aromatic N) is 3. The number of aromatic nitrogens is 3. The van der Waals surface area contributed by atoms with Crippen LogP contribution in [0.25, 0.3) is 11.5 Å². The van der Waals surface area contributed by atoms with E-state index in [0.717, 1.165) is 28.3 Å². The van der Waals surface area contributed by atoms with E-state index in [1.54, 1.807) is 0 Å². The summed E-state index contributed by atoms with van der Waals surface area (Å²) in [6, 6.07) is 19.7. The van der Waals surface area contributed by atoms with Crippen LogP contribution in [-0.4, -0.2) is 20.3 Å². The molecule has 0 spiro atoms. The summed E-state index contributed by atoms with van der Waals surface area (Å²) >= 11 is 0. The SMILES string of the molecule is Cc1ccc(C)c(NC(=O)c2c(C)nn(-c3ccccc3)c2-n2cccc2)c1. The maximum atomic E-state index is 13.3. The van der Waals surface area contributed by atoms with Crippen molar-refractivity contribution in [2.24, 2.45) is 0 Å². The molecule has 5 heteroatoms. The highest BCUT2D eigenvalue weighted by Gasteiger charge is 2.24. The number of anilines is 1. The number of rotatable bonds is 4. The third kappa shape index (κ3) is 3.22. The van der Waals surface area contributed by atoms with Crippen LogP contribution >= 0.6 is 0 Å². The smallest absolute Gasteiger partial charge is 0.261 e. The van der Waals surface area contributed by atoms with Gasteiger partial charge in [-0.05, 0) is 62.2 Å². The molecule has 2 aromatic carbocycles. The van der Waals surface area contributed by atoms with Crippen molar-refractivity contribution in [2.75, 3.05) is 5.32 Å². The van der Waals surface area contributed by atoms with E-state index < -0.39 is 0 Å². The molecule has 0 saturated heterocycles. The third-order valence-electron chi connectivity index (χ3n) is 4.75. The van der Waals surface area contributed by atoms with Crippen LogP contribution < -0.4 is 5.32 Å². The predicted molar refractivity (Wildman–Crippen MR) is 111 cm³/mol.